The lowest BCUT2D eigenvalue weighted by Crippen LogP contribution is -2.43. The van der Waals surface area contributed by atoms with Gasteiger partial charge in [0.15, 0.2) is 0 Å². The van der Waals surface area contributed by atoms with Crippen molar-refractivity contribution >= 4 is 23.3 Å². The van der Waals surface area contributed by atoms with E-state index in [0.29, 0.717) is 29.6 Å². The van der Waals surface area contributed by atoms with Crippen LogP contribution in [0.5, 0.6) is 0 Å². The molecule has 0 spiro atoms. The summed E-state index contributed by atoms with van der Waals surface area (Å²) < 4.78 is 1.35. The first kappa shape index (κ1) is 21.1. The van der Waals surface area contributed by atoms with E-state index in [-0.39, 0.29) is 17.4 Å². The molecule has 4 rings (SSSR count). The Balaban J connectivity index is 1.45. The summed E-state index contributed by atoms with van der Waals surface area (Å²) in [6.07, 6.45) is 1.73. The molecule has 1 aliphatic heterocycles. The van der Waals surface area contributed by atoms with Crippen LogP contribution in [0.2, 0.25) is 5.02 Å². The van der Waals surface area contributed by atoms with E-state index in [1.807, 2.05) is 31.2 Å². The standard InChI is InChI=1S/C24H25ClN4O2/c1-17-7-9-18(10-8-17)15-26-24(31)19-4-3-13-28(16-19)22-11-12-23(30)29(27-22)21-6-2-5-20(25)14-21/h2,5-12,14,19H,3-4,13,15-16H2,1H3,(H,26,31). The monoisotopic (exact) mass is 436 g/mol. The van der Waals surface area contributed by atoms with Crippen molar-refractivity contribution < 1.29 is 4.79 Å². The molecule has 0 aliphatic carbocycles. The van der Waals surface area contributed by atoms with Gasteiger partial charge < -0.3 is 10.2 Å². The Morgan fingerprint density at radius 1 is 1.16 bits per heavy atom. The summed E-state index contributed by atoms with van der Waals surface area (Å²) in [5, 5.41) is 8.14. The molecule has 1 N–H and O–H groups in total. The van der Waals surface area contributed by atoms with E-state index in [1.165, 1.54) is 16.3 Å². The van der Waals surface area contributed by atoms with Crippen molar-refractivity contribution in [2.45, 2.75) is 26.3 Å². The minimum atomic E-state index is -0.226. The summed E-state index contributed by atoms with van der Waals surface area (Å²) in [6, 6.07) is 18.4. The number of aromatic nitrogens is 2. The van der Waals surface area contributed by atoms with Crippen molar-refractivity contribution in [2.75, 3.05) is 18.0 Å². The van der Waals surface area contributed by atoms with E-state index in [9.17, 15) is 9.59 Å². The molecule has 3 aromatic rings. The number of hydrogen-bond acceptors (Lipinski definition) is 4. The van der Waals surface area contributed by atoms with Crippen LogP contribution in [0.25, 0.3) is 5.69 Å². The van der Waals surface area contributed by atoms with Gasteiger partial charge in [0.25, 0.3) is 5.56 Å². The summed E-state index contributed by atoms with van der Waals surface area (Å²) in [7, 11) is 0. The van der Waals surface area contributed by atoms with Crippen LogP contribution in [0.3, 0.4) is 0 Å². The van der Waals surface area contributed by atoms with Crippen LogP contribution in [0.4, 0.5) is 5.82 Å². The average molecular weight is 437 g/mol. The Labute approximate surface area is 186 Å². The predicted octanol–water partition coefficient (Wildman–Crippen LogP) is 3.73. The molecule has 1 aliphatic rings. The molecule has 1 aromatic heterocycles. The zero-order valence-electron chi connectivity index (χ0n) is 17.4. The van der Waals surface area contributed by atoms with E-state index >= 15 is 0 Å². The second kappa shape index (κ2) is 9.35. The molecule has 7 heteroatoms. The zero-order chi connectivity index (χ0) is 21.8. The van der Waals surface area contributed by atoms with Crippen molar-refractivity contribution in [2.24, 2.45) is 5.92 Å². The normalized spacial score (nSPS) is 16.2. The number of nitrogens with one attached hydrogen (secondary N) is 1. The lowest BCUT2D eigenvalue weighted by molar-refractivity contribution is -0.125. The number of halogens is 1. The highest BCUT2D eigenvalue weighted by atomic mass is 35.5. The second-order valence-electron chi connectivity index (χ2n) is 7.91. The van der Waals surface area contributed by atoms with Gasteiger partial charge in [-0.25, -0.2) is 0 Å². The summed E-state index contributed by atoms with van der Waals surface area (Å²) >= 11 is 6.07. The van der Waals surface area contributed by atoms with Crippen LogP contribution in [-0.2, 0) is 11.3 Å². The first-order valence-electron chi connectivity index (χ1n) is 10.4. The first-order valence-corrected chi connectivity index (χ1v) is 10.8. The van der Waals surface area contributed by atoms with Gasteiger partial charge in [0, 0.05) is 30.7 Å². The molecule has 1 amide bonds. The van der Waals surface area contributed by atoms with Crippen molar-refractivity contribution in [3.8, 4) is 5.69 Å². The van der Waals surface area contributed by atoms with Gasteiger partial charge in [0.1, 0.15) is 5.82 Å². The highest BCUT2D eigenvalue weighted by molar-refractivity contribution is 6.30. The highest BCUT2D eigenvalue weighted by Crippen LogP contribution is 2.22. The topological polar surface area (TPSA) is 67.2 Å². The summed E-state index contributed by atoms with van der Waals surface area (Å²) in [6.45, 7) is 3.93. The SMILES string of the molecule is Cc1ccc(CNC(=O)C2CCCN(c3ccc(=O)n(-c4cccc(Cl)c4)n3)C2)cc1. The number of rotatable bonds is 5. The molecule has 0 radical (unpaired) electrons. The van der Waals surface area contributed by atoms with E-state index < -0.39 is 0 Å². The van der Waals surface area contributed by atoms with Crippen LogP contribution in [0.15, 0.2) is 65.5 Å². The molecule has 31 heavy (non-hydrogen) atoms. The van der Waals surface area contributed by atoms with Gasteiger partial charge in [-0.3, -0.25) is 9.59 Å². The third kappa shape index (κ3) is 5.14. The number of aryl methyl sites for hydroxylation is 1. The van der Waals surface area contributed by atoms with Gasteiger partial charge in [0.2, 0.25) is 5.91 Å². The minimum Gasteiger partial charge on any atom is -0.354 e. The second-order valence-corrected chi connectivity index (χ2v) is 8.35. The van der Waals surface area contributed by atoms with E-state index in [0.717, 1.165) is 24.9 Å². The number of hydrogen-bond donors (Lipinski definition) is 1. The maximum atomic E-state index is 12.8. The lowest BCUT2D eigenvalue weighted by atomic mass is 9.97. The van der Waals surface area contributed by atoms with Gasteiger partial charge >= 0.3 is 0 Å². The molecule has 0 bridgehead atoms. The van der Waals surface area contributed by atoms with Crippen molar-refractivity contribution in [3.63, 3.8) is 0 Å². The Hall–Kier alpha value is -3.12. The van der Waals surface area contributed by atoms with Crippen LogP contribution in [0, 0.1) is 12.8 Å². The number of nitrogens with zero attached hydrogens (tertiary/aromatic N) is 3. The van der Waals surface area contributed by atoms with Crippen LogP contribution < -0.4 is 15.8 Å². The quantitative estimate of drug-likeness (QED) is 0.661. The summed E-state index contributed by atoms with van der Waals surface area (Å²) in [5.74, 6) is 0.608. The Morgan fingerprint density at radius 2 is 1.97 bits per heavy atom. The van der Waals surface area contributed by atoms with Crippen molar-refractivity contribution in [1.29, 1.82) is 0 Å². The number of amides is 1. The summed E-state index contributed by atoms with van der Waals surface area (Å²) in [4.78, 5) is 27.2. The zero-order valence-corrected chi connectivity index (χ0v) is 18.2. The predicted molar refractivity (Wildman–Crippen MR) is 123 cm³/mol. The summed E-state index contributed by atoms with van der Waals surface area (Å²) in [5.41, 5.74) is 2.67. The van der Waals surface area contributed by atoms with Crippen LogP contribution in [-0.4, -0.2) is 28.8 Å². The number of anilines is 1. The molecule has 1 saturated heterocycles. The Bertz CT molecular complexity index is 1130. The molecule has 1 atom stereocenters. The first-order chi connectivity index (χ1) is 15.0. The van der Waals surface area contributed by atoms with E-state index in [4.69, 9.17) is 11.6 Å². The molecule has 2 heterocycles. The van der Waals surface area contributed by atoms with Gasteiger partial charge in [-0.2, -0.15) is 4.68 Å². The van der Waals surface area contributed by atoms with Crippen molar-refractivity contribution in [1.82, 2.24) is 15.1 Å². The van der Waals surface area contributed by atoms with E-state index in [2.05, 4.69) is 15.3 Å². The number of carbonyl (C=O) groups is 1. The number of piperidine rings is 1. The van der Waals surface area contributed by atoms with Crippen molar-refractivity contribution in [3.05, 3.63) is 87.2 Å². The number of carbonyl (C=O) groups excluding carboxylic acids is 1. The van der Waals surface area contributed by atoms with Gasteiger partial charge in [-0.1, -0.05) is 47.5 Å². The third-order valence-electron chi connectivity index (χ3n) is 5.54. The molecule has 6 nitrogen and oxygen atoms in total. The van der Waals surface area contributed by atoms with Gasteiger partial charge in [0.05, 0.1) is 11.6 Å². The molecule has 1 fully saturated rings. The average Bonchev–Trinajstić information content (AvgIpc) is 2.79. The molecule has 160 valence electrons. The maximum Gasteiger partial charge on any atom is 0.271 e. The van der Waals surface area contributed by atoms with E-state index in [1.54, 1.807) is 30.3 Å². The highest BCUT2D eigenvalue weighted by Gasteiger charge is 2.26. The van der Waals surface area contributed by atoms with Crippen LogP contribution >= 0.6 is 11.6 Å². The fourth-order valence-corrected chi connectivity index (χ4v) is 3.99. The van der Waals surface area contributed by atoms with Gasteiger partial charge in [-0.15, -0.1) is 5.10 Å². The molecule has 1 unspecified atom stereocenters. The smallest absolute Gasteiger partial charge is 0.271 e. The lowest BCUT2D eigenvalue weighted by Gasteiger charge is -2.33. The Kier molecular flexibility index (Phi) is 6.37. The third-order valence-corrected chi connectivity index (χ3v) is 5.78. The largest absolute Gasteiger partial charge is 0.354 e. The van der Waals surface area contributed by atoms with Crippen LogP contribution in [0.1, 0.15) is 24.0 Å². The molecule has 2 aromatic carbocycles. The number of benzene rings is 2. The minimum absolute atomic E-state index is 0.0495. The maximum absolute atomic E-state index is 12.8. The molecular formula is C24H25ClN4O2. The fourth-order valence-electron chi connectivity index (χ4n) is 3.80. The molecule has 0 saturated carbocycles. The molecular weight excluding hydrogens is 412 g/mol. The van der Waals surface area contributed by atoms with Gasteiger partial charge in [-0.05, 0) is 49.6 Å². The Morgan fingerprint density at radius 3 is 2.74 bits per heavy atom. The fraction of sp³-hybridized carbons (Fsp3) is 0.292.